The molecular weight excluding hydrogens is 288 g/mol. The highest BCUT2D eigenvalue weighted by Crippen LogP contribution is 2.53. The van der Waals surface area contributed by atoms with E-state index in [1.807, 2.05) is 6.20 Å². The smallest absolute Gasteiger partial charge is 0.0650 e. The molecule has 1 N–H and O–H groups in total. The highest BCUT2D eigenvalue weighted by Gasteiger charge is 2.39. The lowest BCUT2D eigenvalue weighted by molar-refractivity contribution is 0.448. The largest absolute Gasteiger partial charge is 0.278 e. The Bertz CT molecular complexity index is 628. The van der Waals surface area contributed by atoms with Crippen LogP contribution in [0.1, 0.15) is 30.7 Å². The van der Waals surface area contributed by atoms with Crippen LogP contribution in [-0.4, -0.2) is 10.2 Å². The second kappa shape index (κ2) is 3.95. The van der Waals surface area contributed by atoms with Gasteiger partial charge in [0.15, 0.2) is 0 Å². The summed E-state index contributed by atoms with van der Waals surface area (Å²) in [5.41, 5.74) is 2.56. The summed E-state index contributed by atoms with van der Waals surface area (Å²) in [4.78, 5) is 0. The van der Waals surface area contributed by atoms with Crippen LogP contribution >= 0.6 is 15.9 Å². The Morgan fingerprint density at radius 3 is 3.17 bits per heavy atom. The molecule has 1 saturated carbocycles. The van der Waals surface area contributed by atoms with E-state index in [0.717, 1.165) is 17.4 Å². The Kier molecular flexibility index (Phi) is 2.37. The van der Waals surface area contributed by atoms with E-state index in [1.54, 1.807) is 0 Å². The lowest BCUT2D eigenvalue weighted by Crippen LogP contribution is -2.09. The minimum atomic E-state index is 0.566. The number of rotatable bonds is 1. The normalized spacial score (nSPS) is 30.7. The van der Waals surface area contributed by atoms with E-state index < -0.39 is 0 Å². The van der Waals surface area contributed by atoms with Crippen LogP contribution in [0.2, 0.25) is 0 Å². The monoisotopic (exact) mass is 302 g/mol. The van der Waals surface area contributed by atoms with Gasteiger partial charge in [0.1, 0.15) is 0 Å². The summed E-state index contributed by atoms with van der Waals surface area (Å²) in [6.45, 7) is 0. The van der Waals surface area contributed by atoms with Crippen LogP contribution in [0.5, 0.6) is 0 Å². The zero-order valence-corrected chi connectivity index (χ0v) is 11.7. The highest BCUT2D eigenvalue weighted by atomic mass is 79.9. The number of halogens is 1. The maximum absolute atomic E-state index is 4.10. The van der Waals surface area contributed by atoms with Gasteiger partial charge in [0.25, 0.3) is 0 Å². The Morgan fingerprint density at radius 2 is 2.22 bits per heavy atom. The van der Waals surface area contributed by atoms with E-state index in [1.165, 1.54) is 34.7 Å². The predicted octanol–water partition coefficient (Wildman–Crippen LogP) is 4.36. The molecule has 2 aliphatic carbocycles. The average molecular weight is 303 g/mol. The third kappa shape index (κ3) is 1.50. The number of aromatic nitrogens is 2. The fourth-order valence-corrected chi connectivity index (χ4v) is 4.66. The first-order valence-corrected chi connectivity index (χ1v) is 7.42. The van der Waals surface area contributed by atoms with Gasteiger partial charge >= 0.3 is 0 Å². The molecule has 3 heteroatoms. The van der Waals surface area contributed by atoms with Gasteiger partial charge in [0.05, 0.1) is 11.7 Å². The van der Waals surface area contributed by atoms with Crippen LogP contribution in [0.3, 0.4) is 0 Å². The first-order chi connectivity index (χ1) is 8.83. The summed E-state index contributed by atoms with van der Waals surface area (Å²) in [7, 11) is 0. The minimum absolute atomic E-state index is 0.566. The number of allylic oxidation sites excluding steroid dienone is 2. The number of nitrogens with one attached hydrogen (secondary N) is 1. The molecule has 0 aliphatic heterocycles. The second-order valence-corrected chi connectivity index (χ2v) is 6.42. The van der Waals surface area contributed by atoms with E-state index in [9.17, 15) is 0 Å². The maximum Gasteiger partial charge on any atom is 0.0650 e. The molecule has 0 radical (unpaired) electrons. The van der Waals surface area contributed by atoms with Gasteiger partial charge in [-0.1, -0.05) is 34.5 Å². The Labute approximate surface area is 115 Å². The third-order valence-electron chi connectivity index (χ3n) is 4.55. The molecule has 2 aliphatic rings. The first kappa shape index (κ1) is 10.8. The molecule has 3 unspecified atom stereocenters. The number of aromatic amines is 1. The molecular formula is C15H15BrN2. The predicted molar refractivity (Wildman–Crippen MR) is 76.7 cm³/mol. The number of hydrogen-bond donors (Lipinski definition) is 1. The molecule has 0 saturated heterocycles. The summed E-state index contributed by atoms with van der Waals surface area (Å²) in [5.74, 6) is 2.17. The van der Waals surface area contributed by atoms with Gasteiger partial charge in [-0.25, -0.2) is 0 Å². The summed E-state index contributed by atoms with van der Waals surface area (Å²) >= 11 is 3.79. The van der Waals surface area contributed by atoms with Crippen molar-refractivity contribution in [3.63, 3.8) is 0 Å². The Balaban J connectivity index is 1.79. The molecule has 1 aromatic carbocycles. The van der Waals surface area contributed by atoms with Crippen molar-refractivity contribution in [2.45, 2.75) is 25.2 Å². The molecule has 1 heterocycles. The zero-order chi connectivity index (χ0) is 12.1. The standard InChI is InChI=1S/C15H15BrN2/c16-13-7-9-2-1-3-12(9)15(13)10-4-5-14-11(6-10)8-17-18-14/h4-9,12,15H,1-3H2,(H,17,18). The molecule has 0 amide bonds. The fraction of sp³-hybridized carbons (Fsp3) is 0.400. The zero-order valence-electron chi connectivity index (χ0n) is 10.1. The molecule has 2 aromatic rings. The number of fused-ring (bicyclic) bond motifs is 2. The maximum atomic E-state index is 4.10. The van der Waals surface area contributed by atoms with Crippen molar-refractivity contribution in [3.05, 3.63) is 40.5 Å². The molecule has 18 heavy (non-hydrogen) atoms. The number of nitrogens with zero attached hydrogens (tertiary/aromatic N) is 1. The minimum Gasteiger partial charge on any atom is -0.278 e. The lowest BCUT2D eigenvalue weighted by Gasteiger charge is -2.20. The topological polar surface area (TPSA) is 28.7 Å². The second-order valence-electron chi connectivity index (χ2n) is 5.50. The molecule has 1 aromatic heterocycles. The van der Waals surface area contributed by atoms with Gasteiger partial charge < -0.3 is 0 Å². The van der Waals surface area contributed by atoms with Crippen molar-refractivity contribution < 1.29 is 0 Å². The van der Waals surface area contributed by atoms with E-state index in [4.69, 9.17) is 0 Å². The SMILES string of the molecule is BrC1=CC2CCCC2C1c1ccc2[nH]ncc2c1. The van der Waals surface area contributed by atoms with Crippen LogP contribution in [0.4, 0.5) is 0 Å². The van der Waals surface area contributed by atoms with Gasteiger partial charge in [-0.15, -0.1) is 0 Å². The van der Waals surface area contributed by atoms with Crippen molar-refractivity contribution in [2.75, 3.05) is 0 Å². The molecule has 0 spiro atoms. The van der Waals surface area contributed by atoms with Crippen LogP contribution in [0.25, 0.3) is 10.9 Å². The molecule has 1 fully saturated rings. The van der Waals surface area contributed by atoms with E-state index >= 15 is 0 Å². The van der Waals surface area contributed by atoms with E-state index in [-0.39, 0.29) is 0 Å². The number of benzene rings is 1. The molecule has 4 rings (SSSR count). The van der Waals surface area contributed by atoms with Crippen LogP contribution in [0, 0.1) is 11.8 Å². The van der Waals surface area contributed by atoms with E-state index in [2.05, 4.69) is 50.4 Å². The average Bonchev–Trinajstić information content (AvgIpc) is 3.02. The fourth-order valence-electron chi connectivity index (χ4n) is 3.71. The summed E-state index contributed by atoms with van der Waals surface area (Å²) in [5, 5.41) is 8.34. The van der Waals surface area contributed by atoms with Crippen molar-refractivity contribution in [2.24, 2.45) is 11.8 Å². The molecule has 2 nitrogen and oxygen atoms in total. The van der Waals surface area contributed by atoms with Crippen LogP contribution in [-0.2, 0) is 0 Å². The van der Waals surface area contributed by atoms with Gasteiger partial charge in [0.2, 0.25) is 0 Å². The summed E-state index contributed by atoms with van der Waals surface area (Å²) < 4.78 is 1.39. The van der Waals surface area contributed by atoms with Crippen molar-refractivity contribution >= 4 is 26.8 Å². The highest BCUT2D eigenvalue weighted by molar-refractivity contribution is 9.11. The molecule has 0 bridgehead atoms. The number of hydrogen-bond acceptors (Lipinski definition) is 1. The van der Waals surface area contributed by atoms with Gasteiger partial charge in [0, 0.05) is 11.3 Å². The quantitative estimate of drug-likeness (QED) is 0.833. The molecule has 3 atom stereocenters. The number of H-pyrrole nitrogens is 1. The first-order valence-electron chi connectivity index (χ1n) is 6.63. The van der Waals surface area contributed by atoms with Crippen molar-refractivity contribution in [1.82, 2.24) is 10.2 Å². The summed E-state index contributed by atoms with van der Waals surface area (Å²) in [6, 6.07) is 6.69. The molecule has 92 valence electrons. The van der Waals surface area contributed by atoms with Crippen molar-refractivity contribution in [3.8, 4) is 0 Å². The van der Waals surface area contributed by atoms with Gasteiger partial charge in [-0.05, 0) is 46.9 Å². The van der Waals surface area contributed by atoms with Gasteiger partial charge in [-0.3, -0.25) is 5.10 Å². The summed E-state index contributed by atoms with van der Waals surface area (Å²) in [6.07, 6.45) is 8.48. The van der Waals surface area contributed by atoms with Crippen molar-refractivity contribution in [1.29, 1.82) is 0 Å². The van der Waals surface area contributed by atoms with Crippen LogP contribution < -0.4 is 0 Å². The lowest BCUT2D eigenvalue weighted by atomic mass is 9.85. The van der Waals surface area contributed by atoms with E-state index in [0.29, 0.717) is 5.92 Å². The van der Waals surface area contributed by atoms with Gasteiger partial charge in [-0.2, -0.15) is 5.10 Å². The Hall–Kier alpha value is -1.09. The van der Waals surface area contributed by atoms with Crippen LogP contribution in [0.15, 0.2) is 35.0 Å². The Morgan fingerprint density at radius 1 is 1.28 bits per heavy atom. The third-order valence-corrected chi connectivity index (χ3v) is 5.30.